The number of carbonyl (C=O) groups excluding carboxylic acids is 1. The Hall–Kier alpha value is -1.74. The molecule has 0 unspecified atom stereocenters. The number of ether oxygens (including phenoxy) is 1. The van der Waals surface area contributed by atoms with E-state index in [1.165, 1.54) is 16.4 Å². The van der Waals surface area contributed by atoms with E-state index in [0.717, 1.165) is 10.0 Å². The molecule has 0 saturated carbocycles. The van der Waals surface area contributed by atoms with Crippen LogP contribution in [0, 0.1) is 6.92 Å². The molecule has 1 saturated heterocycles. The lowest BCUT2D eigenvalue weighted by molar-refractivity contribution is 0.0730. The molecule has 1 aliphatic heterocycles. The van der Waals surface area contributed by atoms with Gasteiger partial charge in [-0.25, -0.2) is 8.42 Å². The largest absolute Gasteiger partial charge is 0.379 e. The van der Waals surface area contributed by atoms with Crippen LogP contribution in [-0.4, -0.2) is 44.9 Å². The first-order valence-corrected chi connectivity index (χ1v) is 10.4. The fourth-order valence-corrected chi connectivity index (χ4v) is 4.70. The number of hydrogen-bond acceptors (Lipinski definition) is 4. The highest BCUT2D eigenvalue weighted by molar-refractivity contribution is 9.10. The number of benzene rings is 2. The molecule has 0 bridgehead atoms. The van der Waals surface area contributed by atoms with E-state index >= 15 is 0 Å². The van der Waals surface area contributed by atoms with Crippen LogP contribution in [0.5, 0.6) is 0 Å². The molecule has 1 fully saturated rings. The van der Waals surface area contributed by atoms with Crippen LogP contribution in [0.1, 0.15) is 15.9 Å². The molecule has 0 radical (unpaired) electrons. The Balaban J connectivity index is 1.83. The molecule has 2 aromatic rings. The van der Waals surface area contributed by atoms with E-state index < -0.39 is 10.0 Å². The van der Waals surface area contributed by atoms with Crippen molar-refractivity contribution < 1.29 is 17.9 Å². The predicted molar refractivity (Wildman–Crippen MR) is 103 cm³/mol. The Morgan fingerprint density at radius 1 is 1.15 bits per heavy atom. The van der Waals surface area contributed by atoms with Crippen LogP contribution in [0.4, 0.5) is 5.69 Å². The third-order valence-corrected chi connectivity index (χ3v) is 6.63. The molecule has 1 N–H and O–H groups in total. The molecule has 8 heteroatoms. The average Bonchev–Trinajstić information content (AvgIpc) is 2.65. The lowest BCUT2D eigenvalue weighted by Crippen LogP contribution is -2.40. The van der Waals surface area contributed by atoms with Gasteiger partial charge in [-0.3, -0.25) is 4.79 Å². The van der Waals surface area contributed by atoms with Gasteiger partial charge in [-0.05, 0) is 58.7 Å². The number of halogens is 1. The van der Waals surface area contributed by atoms with Crippen molar-refractivity contribution in [2.45, 2.75) is 11.8 Å². The topological polar surface area (TPSA) is 75.7 Å². The van der Waals surface area contributed by atoms with Gasteiger partial charge in [-0.15, -0.1) is 0 Å². The van der Waals surface area contributed by atoms with Gasteiger partial charge in [0.25, 0.3) is 5.91 Å². The standard InChI is InChI=1S/C18H19BrN2O4S/c1-13-5-6-17(16(19)11-13)20-18(22)14-3-2-4-15(12-14)26(23,24)21-7-9-25-10-8-21/h2-6,11-12H,7-10H2,1H3,(H,20,22). The Kier molecular flexibility index (Phi) is 5.76. The minimum Gasteiger partial charge on any atom is -0.379 e. The van der Waals surface area contributed by atoms with E-state index in [1.54, 1.807) is 18.2 Å². The molecule has 1 heterocycles. The molecule has 26 heavy (non-hydrogen) atoms. The Morgan fingerprint density at radius 2 is 1.88 bits per heavy atom. The molecular weight excluding hydrogens is 420 g/mol. The van der Waals surface area contributed by atoms with Gasteiger partial charge in [0.15, 0.2) is 0 Å². The lowest BCUT2D eigenvalue weighted by Gasteiger charge is -2.26. The molecule has 1 amide bonds. The quantitative estimate of drug-likeness (QED) is 0.795. The number of carbonyl (C=O) groups is 1. The number of hydrogen-bond donors (Lipinski definition) is 1. The smallest absolute Gasteiger partial charge is 0.255 e. The Morgan fingerprint density at radius 3 is 2.58 bits per heavy atom. The maximum Gasteiger partial charge on any atom is 0.255 e. The third-order valence-electron chi connectivity index (χ3n) is 4.08. The van der Waals surface area contributed by atoms with E-state index in [2.05, 4.69) is 21.2 Å². The molecule has 1 aliphatic rings. The zero-order valence-corrected chi connectivity index (χ0v) is 16.6. The average molecular weight is 439 g/mol. The number of morpholine rings is 1. The van der Waals surface area contributed by atoms with E-state index in [1.807, 2.05) is 19.1 Å². The maximum absolute atomic E-state index is 12.7. The van der Waals surface area contributed by atoms with Gasteiger partial charge in [0.05, 0.1) is 23.8 Å². The molecule has 2 aromatic carbocycles. The van der Waals surface area contributed by atoms with Crippen LogP contribution in [0.3, 0.4) is 0 Å². The fraction of sp³-hybridized carbons (Fsp3) is 0.278. The molecule has 0 atom stereocenters. The minimum absolute atomic E-state index is 0.107. The molecule has 3 rings (SSSR count). The summed E-state index contributed by atoms with van der Waals surface area (Å²) in [6, 6.07) is 11.7. The SMILES string of the molecule is Cc1ccc(NC(=O)c2cccc(S(=O)(=O)N3CCOCC3)c2)c(Br)c1. The Labute approximate surface area is 161 Å². The highest BCUT2D eigenvalue weighted by Crippen LogP contribution is 2.24. The van der Waals surface area contributed by atoms with E-state index in [-0.39, 0.29) is 16.4 Å². The molecular formula is C18H19BrN2O4S. The van der Waals surface area contributed by atoms with Crippen LogP contribution in [0.15, 0.2) is 51.8 Å². The summed E-state index contributed by atoms with van der Waals surface area (Å²) in [5.74, 6) is -0.367. The van der Waals surface area contributed by atoms with Crippen LogP contribution >= 0.6 is 15.9 Å². The number of anilines is 1. The number of aryl methyl sites for hydroxylation is 1. The summed E-state index contributed by atoms with van der Waals surface area (Å²) in [6.45, 7) is 3.34. The molecule has 0 aromatic heterocycles. The van der Waals surface area contributed by atoms with E-state index in [9.17, 15) is 13.2 Å². The monoisotopic (exact) mass is 438 g/mol. The van der Waals surface area contributed by atoms with Crippen molar-refractivity contribution in [3.8, 4) is 0 Å². The molecule has 0 aliphatic carbocycles. The zero-order valence-electron chi connectivity index (χ0n) is 14.2. The minimum atomic E-state index is -3.64. The number of nitrogens with zero attached hydrogens (tertiary/aromatic N) is 1. The summed E-state index contributed by atoms with van der Waals surface area (Å²) in [4.78, 5) is 12.7. The van der Waals surface area contributed by atoms with Crippen LogP contribution in [0.25, 0.3) is 0 Å². The number of amides is 1. The molecule has 138 valence electrons. The van der Waals surface area contributed by atoms with Crippen molar-refractivity contribution in [3.05, 3.63) is 58.1 Å². The van der Waals surface area contributed by atoms with Crippen molar-refractivity contribution >= 4 is 37.5 Å². The summed E-state index contributed by atoms with van der Waals surface area (Å²) >= 11 is 3.42. The lowest BCUT2D eigenvalue weighted by atomic mass is 10.2. The van der Waals surface area contributed by atoms with Crippen LogP contribution < -0.4 is 5.32 Å². The first kappa shape index (κ1) is 19.0. The van der Waals surface area contributed by atoms with E-state index in [4.69, 9.17) is 4.74 Å². The van der Waals surface area contributed by atoms with Crippen molar-refractivity contribution in [1.29, 1.82) is 0 Å². The van der Waals surface area contributed by atoms with Crippen LogP contribution in [-0.2, 0) is 14.8 Å². The molecule has 6 nitrogen and oxygen atoms in total. The number of rotatable bonds is 4. The summed E-state index contributed by atoms with van der Waals surface area (Å²) in [5, 5.41) is 2.80. The van der Waals surface area contributed by atoms with E-state index in [0.29, 0.717) is 32.0 Å². The van der Waals surface area contributed by atoms with Gasteiger partial charge < -0.3 is 10.1 Å². The first-order valence-electron chi connectivity index (χ1n) is 8.13. The number of nitrogens with one attached hydrogen (secondary N) is 1. The number of sulfonamides is 1. The third kappa shape index (κ3) is 4.15. The maximum atomic E-state index is 12.7. The predicted octanol–water partition coefficient (Wildman–Crippen LogP) is 3.03. The highest BCUT2D eigenvalue weighted by atomic mass is 79.9. The highest BCUT2D eigenvalue weighted by Gasteiger charge is 2.26. The van der Waals surface area contributed by atoms with Crippen molar-refractivity contribution in [2.24, 2.45) is 0 Å². The van der Waals surface area contributed by atoms with Crippen LogP contribution in [0.2, 0.25) is 0 Å². The normalized spacial score (nSPS) is 15.6. The van der Waals surface area contributed by atoms with Crippen molar-refractivity contribution in [3.63, 3.8) is 0 Å². The summed E-state index contributed by atoms with van der Waals surface area (Å²) < 4.78 is 32.8. The van der Waals surface area contributed by atoms with Crippen molar-refractivity contribution in [2.75, 3.05) is 31.6 Å². The summed E-state index contributed by atoms with van der Waals surface area (Å²) in [6.07, 6.45) is 0. The van der Waals surface area contributed by atoms with Gasteiger partial charge in [-0.1, -0.05) is 12.1 Å². The van der Waals surface area contributed by atoms with Crippen molar-refractivity contribution in [1.82, 2.24) is 4.31 Å². The first-order chi connectivity index (χ1) is 12.4. The second-order valence-corrected chi connectivity index (χ2v) is 8.77. The van der Waals surface area contributed by atoms with Gasteiger partial charge in [0.1, 0.15) is 0 Å². The second kappa shape index (κ2) is 7.87. The van der Waals surface area contributed by atoms with Gasteiger partial charge in [-0.2, -0.15) is 4.31 Å². The van der Waals surface area contributed by atoms with Gasteiger partial charge in [0.2, 0.25) is 10.0 Å². The summed E-state index contributed by atoms with van der Waals surface area (Å²) in [5.41, 5.74) is 1.97. The second-order valence-electron chi connectivity index (χ2n) is 5.98. The van der Waals surface area contributed by atoms with Gasteiger partial charge in [0, 0.05) is 23.1 Å². The molecule has 0 spiro atoms. The zero-order chi connectivity index (χ0) is 18.7. The summed E-state index contributed by atoms with van der Waals surface area (Å²) in [7, 11) is -3.64. The fourth-order valence-electron chi connectivity index (χ4n) is 2.65. The Bertz CT molecular complexity index is 925. The van der Waals surface area contributed by atoms with Gasteiger partial charge >= 0.3 is 0 Å².